The van der Waals surface area contributed by atoms with Crippen LogP contribution in [0, 0.1) is 0 Å². The number of hydrogen-bond acceptors (Lipinski definition) is 8. The number of esters is 1. The molecule has 1 aliphatic rings. The van der Waals surface area contributed by atoms with Gasteiger partial charge in [0, 0.05) is 13.5 Å². The van der Waals surface area contributed by atoms with Crippen molar-refractivity contribution in [3.63, 3.8) is 0 Å². The van der Waals surface area contributed by atoms with Crippen molar-refractivity contribution in [2.45, 2.75) is 70.4 Å². The average Bonchev–Trinajstić information content (AvgIpc) is 3.16. The highest BCUT2D eigenvalue weighted by Gasteiger charge is 2.85. The van der Waals surface area contributed by atoms with Crippen LogP contribution in [0.15, 0.2) is 0 Å². The van der Waals surface area contributed by atoms with Crippen molar-refractivity contribution < 1.29 is 42.6 Å². The minimum absolute atomic E-state index is 0.177. The lowest BCUT2D eigenvalue weighted by atomic mass is 10.1. The van der Waals surface area contributed by atoms with Crippen LogP contribution in [0.25, 0.3) is 0 Å². The molecule has 0 N–H and O–H groups in total. The van der Waals surface area contributed by atoms with Gasteiger partial charge in [0.05, 0.1) is 14.2 Å². The summed E-state index contributed by atoms with van der Waals surface area (Å²) in [6.45, 7) is 9.10. The maximum atomic E-state index is 15.7. The maximum Gasteiger partial charge on any atom is 0.421 e. The van der Waals surface area contributed by atoms with Crippen molar-refractivity contribution in [3.8, 4) is 0 Å². The Bertz CT molecular complexity index is 671. The molecule has 2 atom stereocenters. The predicted molar refractivity (Wildman–Crippen MR) is 97.3 cm³/mol. The van der Waals surface area contributed by atoms with E-state index in [2.05, 4.69) is 9.57 Å². The summed E-state index contributed by atoms with van der Waals surface area (Å²) >= 11 is 0. The van der Waals surface area contributed by atoms with Gasteiger partial charge in [0.15, 0.2) is 0 Å². The number of rotatable bonds is 4. The first-order chi connectivity index (χ1) is 13.0. The fourth-order valence-electron chi connectivity index (χ4n) is 2.65. The molecule has 1 saturated carbocycles. The molecule has 11 heteroatoms. The highest BCUT2D eigenvalue weighted by Crippen LogP contribution is 2.58. The van der Waals surface area contributed by atoms with Gasteiger partial charge in [-0.15, -0.1) is 0 Å². The molecule has 166 valence electrons. The second-order valence-electron chi connectivity index (χ2n) is 8.61. The molecule has 0 aromatic heterocycles. The summed E-state index contributed by atoms with van der Waals surface area (Å²) in [5.41, 5.74) is -7.76. The number of halogens is 1. The van der Waals surface area contributed by atoms with Crippen LogP contribution in [-0.4, -0.2) is 77.7 Å². The van der Waals surface area contributed by atoms with Gasteiger partial charge in [-0.3, -0.25) is 9.63 Å². The van der Waals surface area contributed by atoms with Crippen molar-refractivity contribution >= 4 is 24.1 Å². The van der Waals surface area contributed by atoms with Crippen molar-refractivity contribution in [2.75, 3.05) is 21.3 Å². The Kier molecular flexibility index (Phi) is 6.59. The molecule has 10 nitrogen and oxygen atoms in total. The third-order valence-corrected chi connectivity index (χ3v) is 3.99. The van der Waals surface area contributed by atoms with Gasteiger partial charge in [-0.25, -0.2) is 23.8 Å². The fraction of sp³-hybridized carbons (Fsp3) is 0.778. The van der Waals surface area contributed by atoms with Crippen LogP contribution in [0.4, 0.5) is 14.0 Å². The molecule has 0 aromatic rings. The lowest BCUT2D eigenvalue weighted by Crippen LogP contribution is -2.59. The summed E-state index contributed by atoms with van der Waals surface area (Å²) in [5.74, 6) is -2.59. The zero-order valence-electron chi connectivity index (χ0n) is 18.2. The molecule has 0 bridgehead atoms. The second kappa shape index (κ2) is 7.77. The van der Waals surface area contributed by atoms with Crippen molar-refractivity contribution in [2.24, 2.45) is 0 Å². The number of carbonyl (C=O) groups is 4. The van der Waals surface area contributed by atoms with E-state index in [1.54, 1.807) is 0 Å². The van der Waals surface area contributed by atoms with E-state index in [1.165, 1.54) is 41.5 Å². The first kappa shape index (κ1) is 24.6. The number of hydrogen-bond donors (Lipinski definition) is 0. The highest BCUT2D eigenvalue weighted by atomic mass is 19.1. The number of imide groups is 1. The number of amides is 3. The van der Waals surface area contributed by atoms with Crippen LogP contribution < -0.4 is 0 Å². The van der Waals surface area contributed by atoms with Gasteiger partial charge in [0.25, 0.3) is 5.91 Å². The van der Waals surface area contributed by atoms with Crippen LogP contribution in [0.5, 0.6) is 0 Å². The Morgan fingerprint density at radius 2 is 1.31 bits per heavy atom. The summed E-state index contributed by atoms with van der Waals surface area (Å²) in [7, 11) is 3.17. The van der Waals surface area contributed by atoms with Crippen molar-refractivity contribution in [3.05, 3.63) is 0 Å². The molecule has 3 amide bonds. The van der Waals surface area contributed by atoms with E-state index in [4.69, 9.17) is 9.47 Å². The molecule has 0 heterocycles. The number of nitrogens with zero attached hydrogens (tertiary/aromatic N) is 2. The van der Waals surface area contributed by atoms with E-state index in [0.29, 0.717) is 5.06 Å². The normalized spacial score (nSPS) is 23.7. The standard InChI is InChI=1S/C18H29FN2O8/c1-15(2,3)28-13(24)21(14(25)29-16(4,5)6)18(12(23)26-8)10-17(18,19)11(22)20(7)27-9/h10H2,1-9H3/t17-,18+/m1/s1. The molecule has 0 unspecified atom stereocenters. The Morgan fingerprint density at radius 3 is 1.62 bits per heavy atom. The van der Waals surface area contributed by atoms with Gasteiger partial charge in [-0.1, -0.05) is 0 Å². The number of ether oxygens (including phenoxy) is 3. The quantitative estimate of drug-likeness (QED) is 0.387. The van der Waals surface area contributed by atoms with Gasteiger partial charge >= 0.3 is 18.2 Å². The Labute approximate surface area is 169 Å². The van der Waals surface area contributed by atoms with E-state index in [-0.39, 0.29) is 4.90 Å². The molecule has 0 spiro atoms. The smallest absolute Gasteiger partial charge is 0.421 e. The van der Waals surface area contributed by atoms with Gasteiger partial charge in [0.2, 0.25) is 11.2 Å². The van der Waals surface area contributed by atoms with Crippen LogP contribution in [0.3, 0.4) is 0 Å². The maximum absolute atomic E-state index is 15.7. The van der Waals surface area contributed by atoms with E-state index < -0.39 is 52.9 Å². The minimum atomic E-state index is -2.99. The summed E-state index contributed by atoms with van der Waals surface area (Å²) in [6.07, 6.45) is -3.55. The molecular weight excluding hydrogens is 391 g/mol. The monoisotopic (exact) mass is 420 g/mol. The minimum Gasteiger partial charge on any atom is -0.467 e. The Balaban J connectivity index is 3.55. The molecular formula is C18H29FN2O8. The SMILES string of the molecule is COC(=O)[C@@]1(N(C(=O)OC(C)(C)C)C(=O)OC(C)(C)C)C[C@@]1(F)C(=O)N(C)OC. The van der Waals surface area contributed by atoms with Crippen LogP contribution in [0.1, 0.15) is 48.0 Å². The highest BCUT2D eigenvalue weighted by molar-refractivity contribution is 6.08. The van der Waals surface area contributed by atoms with Crippen LogP contribution in [-0.2, 0) is 28.6 Å². The van der Waals surface area contributed by atoms with Gasteiger partial charge in [-0.2, -0.15) is 4.90 Å². The Hall–Kier alpha value is -2.43. The van der Waals surface area contributed by atoms with E-state index in [1.807, 2.05) is 0 Å². The van der Waals surface area contributed by atoms with Crippen LogP contribution in [0.2, 0.25) is 0 Å². The molecule has 1 aliphatic carbocycles. The summed E-state index contributed by atoms with van der Waals surface area (Å²) < 4.78 is 30.7. The largest absolute Gasteiger partial charge is 0.467 e. The van der Waals surface area contributed by atoms with Gasteiger partial charge in [-0.05, 0) is 41.5 Å². The fourth-order valence-corrected chi connectivity index (χ4v) is 2.65. The molecule has 0 radical (unpaired) electrons. The van der Waals surface area contributed by atoms with Crippen molar-refractivity contribution in [1.82, 2.24) is 9.96 Å². The molecule has 0 saturated heterocycles. The van der Waals surface area contributed by atoms with Gasteiger partial charge < -0.3 is 14.2 Å². The van der Waals surface area contributed by atoms with E-state index in [0.717, 1.165) is 21.3 Å². The third-order valence-electron chi connectivity index (χ3n) is 3.99. The molecule has 0 aromatic carbocycles. The summed E-state index contributed by atoms with van der Waals surface area (Å²) in [6, 6.07) is 0. The molecule has 29 heavy (non-hydrogen) atoms. The predicted octanol–water partition coefficient (Wildman–Crippen LogP) is 2.20. The summed E-state index contributed by atoms with van der Waals surface area (Å²) in [4.78, 5) is 55.6. The Morgan fingerprint density at radius 1 is 0.897 bits per heavy atom. The first-order valence-electron chi connectivity index (χ1n) is 8.82. The number of alkyl halides is 1. The van der Waals surface area contributed by atoms with E-state index in [9.17, 15) is 19.2 Å². The average molecular weight is 420 g/mol. The lowest BCUT2D eigenvalue weighted by molar-refractivity contribution is -0.180. The van der Waals surface area contributed by atoms with Gasteiger partial charge in [0.1, 0.15) is 11.2 Å². The first-order valence-corrected chi connectivity index (χ1v) is 8.82. The number of carbonyl (C=O) groups excluding carboxylic acids is 4. The number of methoxy groups -OCH3 is 1. The molecule has 1 fully saturated rings. The third kappa shape index (κ3) is 4.77. The topological polar surface area (TPSA) is 112 Å². The molecule has 1 rings (SSSR count). The van der Waals surface area contributed by atoms with Crippen LogP contribution >= 0.6 is 0 Å². The number of hydroxylamine groups is 2. The zero-order chi connectivity index (χ0) is 23.0. The zero-order valence-corrected chi connectivity index (χ0v) is 18.2. The van der Waals surface area contributed by atoms with E-state index >= 15 is 4.39 Å². The lowest BCUT2D eigenvalue weighted by Gasteiger charge is -2.33. The van der Waals surface area contributed by atoms with Crippen molar-refractivity contribution in [1.29, 1.82) is 0 Å². The summed E-state index contributed by atoms with van der Waals surface area (Å²) in [5, 5.41) is 0.549. The molecule has 0 aliphatic heterocycles. The second-order valence-corrected chi connectivity index (χ2v) is 8.61.